The first-order valence-electron chi connectivity index (χ1n) is 3.54. The molecule has 0 aromatic carbocycles. The molecule has 0 aromatic heterocycles. The average Bonchev–Trinajstić information content (AvgIpc) is 1.85. The standard InChI is InChI=1S/C8H14O3/c1-6(5-9)11-7(10)8(2,3)4/h5-6H,1-4H3. The van der Waals surface area contributed by atoms with Crippen LogP contribution in [-0.2, 0) is 14.3 Å². The van der Waals surface area contributed by atoms with Gasteiger partial charge >= 0.3 is 5.97 Å². The van der Waals surface area contributed by atoms with E-state index in [9.17, 15) is 9.59 Å². The van der Waals surface area contributed by atoms with E-state index in [1.165, 1.54) is 6.92 Å². The molecule has 0 fully saturated rings. The van der Waals surface area contributed by atoms with Crippen LogP contribution in [0, 0.1) is 5.41 Å². The van der Waals surface area contributed by atoms with Crippen molar-refractivity contribution in [3.63, 3.8) is 0 Å². The fourth-order valence-electron chi connectivity index (χ4n) is 0.373. The fourth-order valence-corrected chi connectivity index (χ4v) is 0.373. The van der Waals surface area contributed by atoms with Gasteiger partial charge in [0.05, 0.1) is 5.41 Å². The topological polar surface area (TPSA) is 43.4 Å². The van der Waals surface area contributed by atoms with Crippen LogP contribution in [0.4, 0.5) is 0 Å². The van der Waals surface area contributed by atoms with Crippen molar-refractivity contribution < 1.29 is 14.3 Å². The Morgan fingerprint density at radius 1 is 1.45 bits per heavy atom. The number of hydrogen-bond donors (Lipinski definition) is 0. The molecular weight excluding hydrogens is 144 g/mol. The number of aldehydes is 1. The third-order valence-corrected chi connectivity index (χ3v) is 1.10. The van der Waals surface area contributed by atoms with Crippen molar-refractivity contribution in [2.75, 3.05) is 0 Å². The largest absolute Gasteiger partial charge is 0.455 e. The monoisotopic (exact) mass is 158 g/mol. The first kappa shape index (κ1) is 10.1. The van der Waals surface area contributed by atoms with Crippen LogP contribution in [0.1, 0.15) is 27.7 Å². The lowest BCUT2D eigenvalue weighted by molar-refractivity contribution is -0.159. The smallest absolute Gasteiger partial charge is 0.311 e. The van der Waals surface area contributed by atoms with Gasteiger partial charge < -0.3 is 4.74 Å². The Kier molecular flexibility index (Phi) is 3.23. The van der Waals surface area contributed by atoms with Gasteiger partial charge in [-0.05, 0) is 27.7 Å². The summed E-state index contributed by atoms with van der Waals surface area (Å²) in [4.78, 5) is 21.1. The number of carbonyl (C=O) groups is 2. The van der Waals surface area contributed by atoms with Crippen LogP contribution >= 0.6 is 0 Å². The Bertz CT molecular complexity index is 155. The average molecular weight is 158 g/mol. The van der Waals surface area contributed by atoms with Crippen LogP contribution in [0.5, 0.6) is 0 Å². The Labute approximate surface area is 66.7 Å². The second-order valence-electron chi connectivity index (χ2n) is 3.50. The Balaban J connectivity index is 3.98. The van der Waals surface area contributed by atoms with E-state index in [1.54, 1.807) is 20.8 Å². The van der Waals surface area contributed by atoms with Gasteiger partial charge in [0, 0.05) is 0 Å². The minimum atomic E-state index is -0.637. The third-order valence-electron chi connectivity index (χ3n) is 1.10. The number of ether oxygens (including phenoxy) is 1. The number of esters is 1. The van der Waals surface area contributed by atoms with Gasteiger partial charge in [-0.2, -0.15) is 0 Å². The highest BCUT2D eigenvalue weighted by atomic mass is 16.5. The molecular formula is C8H14O3. The van der Waals surface area contributed by atoms with Gasteiger partial charge in [0.25, 0.3) is 0 Å². The molecule has 0 radical (unpaired) electrons. The highest BCUT2D eigenvalue weighted by molar-refractivity contribution is 5.77. The normalized spacial score (nSPS) is 13.8. The first-order valence-corrected chi connectivity index (χ1v) is 3.54. The lowest BCUT2D eigenvalue weighted by Crippen LogP contribution is -2.27. The van der Waals surface area contributed by atoms with E-state index >= 15 is 0 Å². The third kappa shape index (κ3) is 3.75. The van der Waals surface area contributed by atoms with Gasteiger partial charge in [-0.1, -0.05) is 0 Å². The van der Waals surface area contributed by atoms with Crippen molar-refractivity contribution in [2.24, 2.45) is 5.41 Å². The van der Waals surface area contributed by atoms with Gasteiger partial charge in [0.15, 0.2) is 12.4 Å². The van der Waals surface area contributed by atoms with E-state index in [2.05, 4.69) is 0 Å². The molecule has 0 aliphatic heterocycles. The molecule has 0 N–H and O–H groups in total. The molecule has 1 unspecified atom stereocenters. The molecule has 0 bridgehead atoms. The van der Waals surface area contributed by atoms with Crippen LogP contribution < -0.4 is 0 Å². The Morgan fingerprint density at radius 2 is 1.91 bits per heavy atom. The van der Waals surface area contributed by atoms with Crippen molar-refractivity contribution in [3.05, 3.63) is 0 Å². The van der Waals surface area contributed by atoms with E-state index in [0.717, 1.165) is 0 Å². The van der Waals surface area contributed by atoms with Gasteiger partial charge in [0.1, 0.15) is 0 Å². The summed E-state index contributed by atoms with van der Waals surface area (Å²) in [5.41, 5.74) is -0.530. The molecule has 0 aromatic rings. The zero-order valence-electron chi connectivity index (χ0n) is 7.38. The molecule has 11 heavy (non-hydrogen) atoms. The van der Waals surface area contributed by atoms with Gasteiger partial charge in [-0.15, -0.1) is 0 Å². The minimum absolute atomic E-state index is 0.350. The molecule has 0 spiro atoms. The van der Waals surface area contributed by atoms with Crippen LogP contribution in [0.25, 0.3) is 0 Å². The zero-order valence-corrected chi connectivity index (χ0v) is 7.38. The van der Waals surface area contributed by atoms with E-state index < -0.39 is 11.5 Å². The van der Waals surface area contributed by atoms with Gasteiger partial charge in [-0.3, -0.25) is 9.59 Å². The van der Waals surface area contributed by atoms with Crippen molar-refractivity contribution in [2.45, 2.75) is 33.8 Å². The van der Waals surface area contributed by atoms with Crippen LogP contribution in [0.3, 0.4) is 0 Å². The Hall–Kier alpha value is -0.860. The molecule has 0 aliphatic carbocycles. The molecule has 64 valence electrons. The molecule has 0 rings (SSSR count). The number of rotatable bonds is 2. The highest BCUT2D eigenvalue weighted by Crippen LogP contribution is 2.15. The second kappa shape index (κ2) is 3.51. The molecule has 0 aliphatic rings. The maximum Gasteiger partial charge on any atom is 0.311 e. The SMILES string of the molecule is CC(C=O)OC(=O)C(C)(C)C. The maximum atomic E-state index is 11.1. The molecule has 3 nitrogen and oxygen atoms in total. The van der Waals surface area contributed by atoms with E-state index in [0.29, 0.717) is 6.29 Å². The summed E-state index contributed by atoms with van der Waals surface area (Å²) in [5.74, 6) is -0.350. The van der Waals surface area contributed by atoms with E-state index in [4.69, 9.17) is 4.74 Å². The summed E-state index contributed by atoms with van der Waals surface area (Å²) >= 11 is 0. The Morgan fingerprint density at radius 3 is 2.18 bits per heavy atom. The molecule has 0 saturated carbocycles. The van der Waals surface area contributed by atoms with Crippen molar-refractivity contribution >= 4 is 12.3 Å². The van der Waals surface area contributed by atoms with Gasteiger partial charge in [0.2, 0.25) is 0 Å². The van der Waals surface area contributed by atoms with Crippen LogP contribution in [-0.4, -0.2) is 18.4 Å². The van der Waals surface area contributed by atoms with Crippen LogP contribution in [0.2, 0.25) is 0 Å². The minimum Gasteiger partial charge on any atom is -0.455 e. The van der Waals surface area contributed by atoms with Crippen molar-refractivity contribution in [1.29, 1.82) is 0 Å². The number of hydrogen-bond acceptors (Lipinski definition) is 3. The molecule has 3 heteroatoms. The molecule has 0 heterocycles. The van der Waals surface area contributed by atoms with Crippen molar-refractivity contribution in [3.8, 4) is 0 Å². The van der Waals surface area contributed by atoms with Crippen molar-refractivity contribution in [1.82, 2.24) is 0 Å². The quantitative estimate of drug-likeness (QED) is 0.447. The predicted molar refractivity (Wildman–Crippen MR) is 41.1 cm³/mol. The lowest BCUT2D eigenvalue weighted by Gasteiger charge is -2.17. The maximum absolute atomic E-state index is 11.1. The molecule has 0 amide bonds. The van der Waals surface area contributed by atoms with E-state index in [1.807, 2.05) is 0 Å². The fraction of sp³-hybridized carbons (Fsp3) is 0.750. The summed E-state index contributed by atoms with van der Waals surface area (Å²) in [5, 5.41) is 0. The van der Waals surface area contributed by atoms with Crippen LogP contribution in [0.15, 0.2) is 0 Å². The van der Waals surface area contributed by atoms with Gasteiger partial charge in [-0.25, -0.2) is 0 Å². The summed E-state index contributed by atoms with van der Waals surface area (Å²) in [6, 6.07) is 0. The highest BCUT2D eigenvalue weighted by Gasteiger charge is 2.24. The predicted octanol–water partition coefficient (Wildman–Crippen LogP) is 1.16. The van der Waals surface area contributed by atoms with E-state index in [-0.39, 0.29) is 5.97 Å². The summed E-state index contributed by atoms with van der Waals surface area (Å²) < 4.78 is 4.76. The lowest BCUT2D eigenvalue weighted by atomic mass is 9.97. The molecule has 0 saturated heterocycles. The summed E-state index contributed by atoms with van der Waals surface area (Å²) in [6.07, 6.45) is -0.0365. The summed E-state index contributed by atoms with van der Waals surface area (Å²) in [6.45, 7) is 6.77. The number of carbonyl (C=O) groups excluding carboxylic acids is 2. The second-order valence-corrected chi connectivity index (χ2v) is 3.50. The first-order chi connectivity index (χ1) is 4.88. The zero-order chi connectivity index (χ0) is 9.07. The molecule has 1 atom stereocenters. The summed E-state index contributed by atoms with van der Waals surface area (Å²) in [7, 11) is 0.